The Bertz CT molecular complexity index is 1220. The van der Waals surface area contributed by atoms with Crippen LogP contribution in [0.15, 0.2) is 54.7 Å². The van der Waals surface area contributed by atoms with Gasteiger partial charge >= 0.3 is 0 Å². The monoisotopic (exact) mass is 498 g/mol. The first-order valence-electron chi connectivity index (χ1n) is 13.4. The lowest BCUT2D eigenvalue weighted by atomic mass is 9.94. The fraction of sp³-hybridized carbons (Fsp3) is 0.433. The number of piperidine rings is 1. The van der Waals surface area contributed by atoms with Crippen LogP contribution < -0.4 is 15.1 Å². The number of para-hydroxylation sites is 1. The first kappa shape index (κ1) is 25.1. The van der Waals surface area contributed by atoms with E-state index < -0.39 is 0 Å². The lowest BCUT2D eigenvalue weighted by Gasteiger charge is -2.41. The first-order chi connectivity index (χ1) is 17.9. The van der Waals surface area contributed by atoms with Gasteiger partial charge in [0.05, 0.1) is 0 Å². The van der Waals surface area contributed by atoms with Gasteiger partial charge in [-0.15, -0.1) is 5.10 Å². The van der Waals surface area contributed by atoms with Crippen LogP contribution in [0.25, 0.3) is 0 Å². The molecule has 1 N–H and O–H groups in total. The van der Waals surface area contributed by atoms with Crippen LogP contribution in [-0.2, 0) is 0 Å². The van der Waals surface area contributed by atoms with Crippen LogP contribution in [0.3, 0.4) is 0 Å². The molecule has 2 aliphatic heterocycles. The van der Waals surface area contributed by atoms with Crippen LogP contribution in [0, 0.1) is 20.8 Å². The number of nitrogens with one attached hydrogen (secondary N) is 1. The number of amides is 1. The Morgan fingerprint density at radius 3 is 2.38 bits per heavy atom. The highest BCUT2D eigenvalue weighted by Gasteiger charge is 2.30. The standard InChI is InChI=1S/C30H38N6O/c1-21-19-22(2)29(32-25-12-15-34(16-13-25)27-11-8-14-31-33-27)24(4)28(21)30(37)35-17-18-36(23(3)20-35)26-9-6-5-7-10-26/h5-11,14,19,23,25,32H,12-13,15-18,20H2,1-4H3/t23-/m0/s1. The Balaban J connectivity index is 1.28. The van der Waals surface area contributed by atoms with E-state index in [1.807, 2.05) is 23.1 Å². The average molecular weight is 499 g/mol. The Morgan fingerprint density at radius 1 is 0.946 bits per heavy atom. The number of carbonyl (C=O) groups is 1. The molecular formula is C30H38N6O. The van der Waals surface area contributed by atoms with Crippen molar-refractivity contribution in [3.63, 3.8) is 0 Å². The van der Waals surface area contributed by atoms with Gasteiger partial charge in [-0.05, 0) is 81.5 Å². The molecule has 0 radical (unpaired) electrons. The maximum absolute atomic E-state index is 13.8. The van der Waals surface area contributed by atoms with Crippen LogP contribution in [0.2, 0.25) is 0 Å². The van der Waals surface area contributed by atoms with E-state index in [1.165, 1.54) is 11.3 Å². The minimum atomic E-state index is 0.148. The molecule has 7 nitrogen and oxygen atoms in total. The Morgan fingerprint density at radius 2 is 1.70 bits per heavy atom. The predicted octanol–water partition coefficient (Wildman–Crippen LogP) is 4.83. The molecule has 1 atom stereocenters. The van der Waals surface area contributed by atoms with Crippen molar-refractivity contribution in [3.8, 4) is 0 Å². The van der Waals surface area contributed by atoms with E-state index in [1.54, 1.807) is 6.20 Å². The van der Waals surface area contributed by atoms with E-state index >= 15 is 0 Å². The second-order valence-electron chi connectivity index (χ2n) is 10.5. The van der Waals surface area contributed by atoms with Crippen molar-refractivity contribution in [1.29, 1.82) is 0 Å². The maximum Gasteiger partial charge on any atom is 0.254 e. The normalized spacial score (nSPS) is 18.7. The Hall–Kier alpha value is -3.61. The number of rotatable bonds is 5. The molecule has 0 bridgehead atoms. The van der Waals surface area contributed by atoms with Gasteiger partial charge in [0, 0.05) is 67.9 Å². The third kappa shape index (κ3) is 5.26. The minimum absolute atomic E-state index is 0.148. The van der Waals surface area contributed by atoms with Gasteiger partial charge in [0.25, 0.3) is 5.91 Å². The molecule has 0 unspecified atom stereocenters. The highest BCUT2D eigenvalue weighted by molar-refractivity contribution is 5.99. The SMILES string of the molecule is Cc1cc(C)c(C(=O)N2CCN(c3ccccc3)[C@@H](C)C2)c(C)c1NC1CCN(c2cccnn2)CC1. The maximum atomic E-state index is 13.8. The largest absolute Gasteiger partial charge is 0.382 e. The Labute approximate surface area is 220 Å². The number of aromatic nitrogens is 2. The molecule has 37 heavy (non-hydrogen) atoms. The summed E-state index contributed by atoms with van der Waals surface area (Å²) in [5, 5.41) is 12.1. The molecule has 194 valence electrons. The van der Waals surface area contributed by atoms with Crippen molar-refractivity contribution in [3.05, 3.63) is 77.0 Å². The minimum Gasteiger partial charge on any atom is -0.382 e. The molecule has 3 heterocycles. The number of nitrogens with zero attached hydrogens (tertiary/aromatic N) is 5. The summed E-state index contributed by atoms with van der Waals surface area (Å²) < 4.78 is 0. The van der Waals surface area contributed by atoms with Gasteiger partial charge in [-0.25, -0.2) is 0 Å². The third-order valence-electron chi connectivity index (χ3n) is 7.91. The summed E-state index contributed by atoms with van der Waals surface area (Å²) in [5.74, 6) is 1.09. The molecular weight excluding hydrogens is 460 g/mol. The molecule has 1 amide bonds. The van der Waals surface area contributed by atoms with Crippen molar-refractivity contribution in [1.82, 2.24) is 15.1 Å². The zero-order valence-corrected chi connectivity index (χ0v) is 22.4. The van der Waals surface area contributed by atoms with Crippen LogP contribution >= 0.6 is 0 Å². The van der Waals surface area contributed by atoms with Crippen molar-refractivity contribution < 1.29 is 4.79 Å². The number of piperazine rings is 1. The van der Waals surface area contributed by atoms with E-state index in [9.17, 15) is 4.79 Å². The molecule has 7 heteroatoms. The first-order valence-corrected chi connectivity index (χ1v) is 13.4. The fourth-order valence-electron chi connectivity index (χ4n) is 5.96. The van der Waals surface area contributed by atoms with Crippen molar-refractivity contribution in [2.24, 2.45) is 0 Å². The summed E-state index contributed by atoms with van der Waals surface area (Å²) in [6.45, 7) is 12.7. The van der Waals surface area contributed by atoms with E-state index in [2.05, 4.69) is 83.3 Å². The van der Waals surface area contributed by atoms with Gasteiger partial charge in [-0.1, -0.05) is 24.3 Å². The second kappa shape index (κ2) is 10.8. The lowest BCUT2D eigenvalue weighted by molar-refractivity contribution is 0.0725. The number of carbonyl (C=O) groups excluding carboxylic acids is 1. The molecule has 0 spiro atoms. The molecule has 5 rings (SSSR count). The predicted molar refractivity (Wildman–Crippen MR) is 151 cm³/mol. The lowest BCUT2D eigenvalue weighted by Crippen LogP contribution is -2.54. The van der Waals surface area contributed by atoms with Gasteiger partial charge in [0.2, 0.25) is 0 Å². The number of hydrogen-bond donors (Lipinski definition) is 1. The molecule has 0 aliphatic carbocycles. The molecule has 2 fully saturated rings. The summed E-state index contributed by atoms with van der Waals surface area (Å²) in [6, 6.07) is 17.3. The number of hydrogen-bond acceptors (Lipinski definition) is 6. The molecule has 2 saturated heterocycles. The van der Waals surface area contributed by atoms with Crippen LogP contribution in [-0.4, -0.2) is 65.8 Å². The summed E-state index contributed by atoms with van der Waals surface area (Å²) >= 11 is 0. The summed E-state index contributed by atoms with van der Waals surface area (Å²) in [4.78, 5) is 20.6. The van der Waals surface area contributed by atoms with Gasteiger partial charge in [-0.3, -0.25) is 4.79 Å². The van der Waals surface area contributed by atoms with Gasteiger partial charge in [-0.2, -0.15) is 5.10 Å². The quantitative estimate of drug-likeness (QED) is 0.543. The molecule has 2 aliphatic rings. The van der Waals surface area contributed by atoms with Crippen molar-refractivity contribution >= 4 is 23.1 Å². The summed E-state index contributed by atoms with van der Waals surface area (Å²) in [6.07, 6.45) is 3.75. The molecule has 3 aromatic rings. The van der Waals surface area contributed by atoms with Crippen LogP contribution in [0.1, 0.15) is 46.8 Å². The summed E-state index contributed by atoms with van der Waals surface area (Å²) in [7, 11) is 0. The average Bonchev–Trinajstić information content (AvgIpc) is 2.92. The zero-order valence-electron chi connectivity index (χ0n) is 22.4. The number of anilines is 3. The van der Waals surface area contributed by atoms with Crippen molar-refractivity contribution in [2.75, 3.05) is 47.8 Å². The highest BCUT2D eigenvalue weighted by Crippen LogP contribution is 2.31. The van der Waals surface area contributed by atoms with E-state index in [4.69, 9.17) is 0 Å². The second-order valence-corrected chi connectivity index (χ2v) is 10.5. The molecule has 1 aromatic heterocycles. The van der Waals surface area contributed by atoms with Crippen LogP contribution in [0.4, 0.5) is 17.2 Å². The highest BCUT2D eigenvalue weighted by atomic mass is 16.2. The van der Waals surface area contributed by atoms with Gasteiger partial charge in [0.1, 0.15) is 0 Å². The Kier molecular flexibility index (Phi) is 7.31. The van der Waals surface area contributed by atoms with Gasteiger partial charge < -0.3 is 20.0 Å². The molecule has 2 aromatic carbocycles. The van der Waals surface area contributed by atoms with Crippen molar-refractivity contribution in [2.45, 2.75) is 52.6 Å². The smallest absolute Gasteiger partial charge is 0.254 e. The summed E-state index contributed by atoms with van der Waals surface area (Å²) in [5.41, 5.74) is 6.51. The van der Waals surface area contributed by atoms with Gasteiger partial charge in [0.15, 0.2) is 5.82 Å². The third-order valence-corrected chi connectivity index (χ3v) is 7.91. The number of aryl methyl sites for hydroxylation is 2. The van der Waals surface area contributed by atoms with E-state index in [-0.39, 0.29) is 11.9 Å². The zero-order chi connectivity index (χ0) is 25.9. The molecule has 0 saturated carbocycles. The van der Waals surface area contributed by atoms with E-state index in [0.29, 0.717) is 6.04 Å². The fourth-order valence-corrected chi connectivity index (χ4v) is 5.96. The topological polar surface area (TPSA) is 64.6 Å². The number of benzene rings is 2. The van der Waals surface area contributed by atoms with Crippen LogP contribution in [0.5, 0.6) is 0 Å². The van der Waals surface area contributed by atoms with E-state index in [0.717, 1.165) is 73.8 Å².